The summed E-state index contributed by atoms with van der Waals surface area (Å²) in [5.74, 6) is 1.30. The highest BCUT2D eigenvalue weighted by Gasteiger charge is 2.07. The number of hydrogen-bond donors (Lipinski definition) is 2. The number of pyridine rings is 1. The van der Waals surface area contributed by atoms with E-state index in [1.165, 1.54) is 5.56 Å². The van der Waals surface area contributed by atoms with Crippen molar-refractivity contribution in [3.8, 4) is 5.75 Å². The first-order valence-electron chi connectivity index (χ1n) is 8.94. The monoisotopic (exact) mass is 361 g/mol. The van der Waals surface area contributed by atoms with Gasteiger partial charge in [-0.1, -0.05) is 29.8 Å². The zero-order chi connectivity index (χ0) is 19.1. The Morgan fingerprint density at radius 1 is 1.04 bits per heavy atom. The summed E-state index contributed by atoms with van der Waals surface area (Å²) in [6, 6.07) is 19.2. The van der Waals surface area contributed by atoms with E-state index in [9.17, 15) is 4.79 Å². The fourth-order valence-electron chi connectivity index (χ4n) is 2.58. The van der Waals surface area contributed by atoms with Crippen LogP contribution in [0, 0.1) is 6.92 Å². The number of rotatable bonds is 7. The number of nitrogens with one attached hydrogen (secondary N) is 2. The highest BCUT2D eigenvalue weighted by atomic mass is 16.5. The molecule has 1 heterocycles. The lowest BCUT2D eigenvalue weighted by molar-refractivity contribution is 0.0951. The fraction of sp³-hybridized carbons (Fsp3) is 0.182. The lowest BCUT2D eigenvalue weighted by Gasteiger charge is -2.09. The number of benzene rings is 2. The van der Waals surface area contributed by atoms with Gasteiger partial charge in [0.1, 0.15) is 11.6 Å². The average molecular weight is 361 g/mol. The predicted octanol–water partition coefficient (Wildman–Crippen LogP) is 4.46. The molecule has 0 bridgehead atoms. The van der Waals surface area contributed by atoms with E-state index in [0.717, 1.165) is 17.0 Å². The number of aromatic nitrogens is 1. The summed E-state index contributed by atoms with van der Waals surface area (Å²) in [6.07, 6.45) is 1.62. The van der Waals surface area contributed by atoms with Crippen molar-refractivity contribution in [2.45, 2.75) is 20.4 Å². The van der Waals surface area contributed by atoms with Crippen molar-refractivity contribution in [2.24, 2.45) is 0 Å². The maximum Gasteiger partial charge on any atom is 0.251 e. The molecule has 0 radical (unpaired) electrons. The predicted molar refractivity (Wildman–Crippen MR) is 107 cm³/mol. The van der Waals surface area contributed by atoms with E-state index in [2.05, 4.69) is 15.6 Å². The quantitative estimate of drug-likeness (QED) is 0.652. The molecule has 0 aliphatic rings. The topological polar surface area (TPSA) is 63.2 Å². The van der Waals surface area contributed by atoms with E-state index in [1.54, 1.807) is 18.3 Å². The number of carbonyl (C=O) groups is 1. The lowest BCUT2D eigenvalue weighted by atomic mass is 10.1. The largest absolute Gasteiger partial charge is 0.494 e. The summed E-state index contributed by atoms with van der Waals surface area (Å²) in [4.78, 5) is 16.7. The van der Waals surface area contributed by atoms with Crippen molar-refractivity contribution in [3.05, 3.63) is 83.6 Å². The molecule has 3 rings (SSSR count). The Morgan fingerprint density at radius 3 is 2.48 bits per heavy atom. The molecule has 0 fully saturated rings. The number of carbonyl (C=O) groups excluding carboxylic acids is 1. The number of nitrogens with zero attached hydrogens (tertiary/aromatic N) is 1. The van der Waals surface area contributed by atoms with E-state index >= 15 is 0 Å². The number of ether oxygens (including phenoxy) is 1. The molecule has 0 unspecified atom stereocenters. The number of hydrogen-bond acceptors (Lipinski definition) is 4. The van der Waals surface area contributed by atoms with Gasteiger partial charge in [-0.2, -0.15) is 0 Å². The van der Waals surface area contributed by atoms with E-state index in [1.807, 2.05) is 62.4 Å². The van der Waals surface area contributed by atoms with Gasteiger partial charge in [0.25, 0.3) is 5.91 Å². The highest BCUT2D eigenvalue weighted by molar-refractivity contribution is 5.94. The Labute approximate surface area is 159 Å². The van der Waals surface area contributed by atoms with Gasteiger partial charge in [-0.25, -0.2) is 4.98 Å². The van der Waals surface area contributed by atoms with Crippen LogP contribution in [0.5, 0.6) is 5.75 Å². The molecule has 27 heavy (non-hydrogen) atoms. The van der Waals surface area contributed by atoms with E-state index in [4.69, 9.17) is 4.74 Å². The van der Waals surface area contributed by atoms with Gasteiger partial charge in [0.2, 0.25) is 0 Å². The van der Waals surface area contributed by atoms with Gasteiger partial charge < -0.3 is 15.4 Å². The molecule has 2 aromatic carbocycles. The minimum atomic E-state index is -0.132. The maximum absolute atomic E-state index is 12.4. The van der Waals surface area contributed by atoms with Crippen LogP contribution in [-0.4, -0.2) is 17.5 Å². The van der Waals surface area contributed by atoms with E-state index in [-0.39, 0.29) is 5.91 Å². The summed E-state index contributed by atoms with van der Waals surface area (Å²) in [6.45, 7) is 5.11. The van der Waals surface area contributed by atoms with Crippen LogP contribution in [0.4, 0.5) is 11.5 Å². The first-order valence-corrected chi connectivity index (χ1v) is 8.94. The van der Waals surface area contributed by atoms with Crippen molar-refractivity contribution >= 4 is 17.4 Å². The minimum absolute atomic E-state index is 0.132. The van der Waals surface area contributed by atoms with Gasteiger partial charge in [-0.3, -0.25) is 4.79 Å². The van der Waals surface area contributed by atoms with Crippen molar-refractivity contribution in [1.29, 1.82) is 0 Å². The summed E-state index contributed by atoms with van der Waals surface area (Å²) in [5.41, 5.74) is 3.70. The third kappa shape index (κ3) is 5.31. The third-order valence-corrected chi connectivity index (χ3v) is 4.03. The van der Waals surface area contributed by atoms with Crippen LogP contribution < -0.4 is 15.4 Å². The Kier molecular flexibility index (Phi) is 6.05. The van der Waals surface area contributed by atoms with Crippen LogP contribution in [0.3, 0.4) is 0 Å². The maximum atomic E-state index is 12.4. The van der Waals surface area contributed by atoms with Gasteiger partial charge in [0.15, 0.2) is 0 Å². The van der Waals surface area contributed by atoms with Crippen molar-refractivity contribution in [1.82, 2.24) is 10.3 Å². The standard InChI is InChI=1S/C22H23N3O2/c1-3-27-20-10-8-19(9-11-20)25-21-14-18(12-13-23-21)22(26)24-15-17-6-4-16(2)5-7-17/h4-14H,3,15H2,1-2H3,(H,23,25)(H,24,26). The van der Waals surface area contributed by atoms with Crippen LogP contribution in [0.2, 0.25) is 0 Å². The van der Waals surface area contributed by atoms with Gasteiger partial charge in [0.05, 0.1) is 6.61 Å². The smallest absolute Gasteiger partial charge is 0.251 e. The van der Waals surface area contributed by atoms with Gasteiger partial charge >= 0.3 is 0 Å². The number of anilines is 2. The Balaban J connectivity index is 1.62. The van der Waals surface area contributed by atoms with Gasteiger partial charge in [-0.15, -0.1) is 0 Å². The van der Waals surface area contributed by atoms with E-state index in [0.29, 0.717) is 24.5 Å². The third-order valence-electron chi connectivity index (χ3n) is 4.03. The molecule has 0 spiro atoms. The van der Waals surface area contributed by atoms with E-state index < -0.39 is 0 Å². The first kappa shape index (κ1) is 18.5. The second-order valence-corrected chi connectivity index (χ2v) is 6.18. The van der Waals surface area contributed by atoms with Crippen molar-refractivity contribution in [3.63, 3.8) is 0 Å². The van der Waals surface area contributed by atoms with Crippen LogP contribution in [0.25, 0.3) is 0 Å². The van der Waals surface area contributed by atoms with Crippen molar-refractivity contribution < 1.29 is 9.53 Å². The fourth-order valence-corrected chi connectivity index (χ4v) is 2.58. The molecule has 0 saturated carbocycles. The molecule has 3 aromatic rings. The Morgan fingerprint density at radius 2 is 1.78 bits per heavy atom. The number of amides is 1. The molecular formula is C22H23N3O2. The van der Waals surface area contributed by atoms with Crippen LogP contribution in [0.1, 0.15) is 28.4 Å². The normalized spacial score (nSPS) is 10.3. The van der Waals surface area contributed by atoms with Crippen LogP contribution in [-0.2, 0) is 6.54 Å². The lowest BCUT2D eigenvalue weighted by Crippen LogP contribution is -2.22. The molecule has 5 heteroatoms. The zero-order valence-electron chi connectivity index (χ0n) is 15.5. The molecule has 0 aliphatic carbocycles. The zero-order valence-corrected chi connectivity index (χ0v) is 15.5. The molecule has 0 atom stereocenters. The minimum Gasteiger partial charge on any atom is -0.494 e. The Hall–Kier alpha value is -3.34. The molecule has 1 amide bonds. The second-order valence-electron chi connectivity index (χ2n) is 6.18. The summed E-state index contributed by atoms with van der Waals surface area (Å²) >= 11 is 0. The van der Waals surface area contributed by atoms with Crippen LogP contribution >= 0.6 is 0 Å². The Bertz CT molecular complexity index is 890. The van der Waals surface area contributed by atoms with Gasteiger partial charge in [0, 0.05) is 24.0 Å². The molecule has 138 valence electrons. The average Bonchev–Trinajstić information content (AvgIpc) is 2.69. The molecule has 2 N–H and O–H groups in total. The SMILES string of the molecule is CCOc1ccc(Nc2cc(C(=O)NCc3ccc(C)cc3)ccn2)cc1. The summed E-state index contributed by atoms with van der Waals surface area (Å²) in [7, 11) is 0. The van der Waals surface area contributed by atoms with Crippen LogP contribution in [0.15, 0.2) is 66.9 Å². The van der Waals surface area contributed by atoms with Gasteiger partial charge in [-0.05, 0) is 55.8 Å². The molecule has 0 saturated heterocycles. The molecule has 5 nitrogen and oxygen atoms in total. The second kappa shape index (κ2) is 8.85. The summed E-state index contributed by atoms with van der Waals surface area (Å²) in [5, 5.41) is 6.14. The van der Waals surface area contributed by atoms with Crippen molar-refractivity contribution in [2.75, 3.05) is 11.9 Å². The number of aryl methyl sites for hydroxylation is 1. The first-order chi connectivity index (χ1) is 13.1. The molecule has 1 aromatic heterocycles. The molecular weight excluding hydrogens is 338 g/mol. The summed E-state index contributed by atoms with van der Waals surface area (Å²) < 4.78 is 5.44. The molecule has 0 aliphatic heterocycles. The highest BCUT2D eigenvalue weighted by Crippen LogP contribution is 2.19.